The Morgan fingerprint density at radius 1 is 1.07 bits per heavy atom. The van der Waals surface area contributed by atoms with E-state index in [1.165, 1.54) is 12.0 Å². The fourth-order valence-corrected chi connectivity index (χ4v) is 4.31. The second kappa shape index (κ2) is 9.17. The zero-order valence-electron chi connectivity index (χ0n) is 17.7. The number of likely N-dealkylation sites (N-methyl/N-ethyl adjacent to an activating group) is 1. The number of hydrogen-bond acceptors (Lipinski definition) is 5. The molecule has 0 aliphatic heterocycles. The number of rotatable bonds is 8. The van der Waals surface area contributed by atoms with Gasteiger partial charge in [-0.3, -0.25) is 9.10 Å². The van der Waals surface area contributed by atoms with Gasteiger partial charge < -0.3 is 14.4 Å². The fraction of sp³-hybridized carbons (Fsp3) is 0.381. The number of methoxy groups -OCH3 is 2. The molecule has 0 heterocycles. The fourth-order valence-electron chi connectivity index (χ4n) is 3.15. The lowest BCUT2D eigenvalue weighted by Crippen LogP contribution is -2.48. The van der Waals surface area contributed by atoms with E-state index in [0.717, 1.165) is 27.4 Å². The van der Waals surface area contributed by atoms with Gasteiger partial charge in [0.2, 0.25) is 15.9 Å². The van der Waals surface area contributed by atoms with Crippen molar-refractivity contribution in [1.82, 2.24) is 4.90 Å². The first kappa shape index (κ1) is 22.5. The van der Waals surface area contributed by atoms with Crippen molar-refractivity contribution in [2.75, 3.05) is 31.8 Å². The van der Waals surface area contributed by atoms with Gasteiger partial charge in [-0.2, -0.15) is 0 Å². The molecule has 0 spiro atoms. The second-order valence-corrected chi connectivity index (χ2v) is 8.81. The van der Waals surface area contributed by atoms with E-state index in [4.69, 9.17) is 9.47 Å². The van der Waals surface area contributed by atoms with Crippen molar-refractivity contribution in [2.45, 2.75) is 26.4 Å². The van der Waals surface area contributed by atoms with Crippen LogP contribution < -0.4 is 13.8 Å². The summed E-state index contributed by atoms with van der Waals surface area (Å²) in [5.41, 5.74) is 2.11. The van der Waals surface area contributed by atoms with E-state index in [-0.39, 0.29) is 5.91 Å². The Hall–Kier alpha value is -2.74. The predicted molar refractivity (Wildman–Crippen MR) is 114 cm³/mol. The molecule has 1 amide bonds. The number of carbonyl (C=O) groups is 1. The summed E-state index contributed by atoms with van der Waals surface area (Å²) in [6.07, 6.45) is 1.09. The van der Waals surface area contributed by atoms with Crippen molar-refractivity contribution in [3.63, 3.8) is 0 Å². The molecule has 158 valence electrons. The van der Waals surface area contributed by atoms with Crippen LogP contribution in [0.15, 0.2) is 42.5 Å². The van der Waals surface area contributed by atoms with Crippen molar-refractivity contribution >= 4 is 21.6 Å². The van der Waals surface area contributed by atoms with Gasteiger partial charge in [0.15, 0.2) is 0 Å². The maximum atomic E-state index is 13.1. The molecule has 0 fully saturated rings. The number of aryl methyl sites for hydroxylation is 1. The molecular weight excluding hydrogens is 392 g/mol. The van der Waals surface area contributed by atoms with Crippen molar-refractivity contribution in [3.05, 3.63) is 53.6 Å². The van der Waals surface area contributed by atoms with E-state index in [9.17, 15) is 13.2 Å². The van der Waals surface area contributed by atoms with Crippen molar-refractivity contribution in [1.29, 1.82) is 0 Å². The molecule has 0 aliphatic carbocycles. The average molecular weight is 421 g/mol. The summed E-state index contributed by atoms with van der Waals surface area (Å²) in [5.74, 6) is 0.791. The van der Waals surface area contributed by atoms with E-state index < -0.39 is 16.1 Å². The van der Waals surface area contributed by atoms with Crippen molar-refractivity contribution < 1.29 is 22.7 Å². The molecule has 2 aromatic carbocycles. The minimum Gasteiger partial charge on any atom is -0.497 e. The van der Waals surface area contributed by atoms with Crippen molar-refractivity contribution in [3.8, 4) is 11.5 Å². The first-order chi connectivity index (χ1) is 13.6. The number of sulfonamides is 1. The number of benzene rings is 2. The molecule has 0 radical (unpaired) electrons. The lowest BCUT2D eigenvalue weighted by molar-refractivity contribution is -0.131. The van der Waals surface area contributed by atoms with E-state index in [0.29, 0.717) is 18.0 Å². The zero-order valence-corrected chi connectivity index (χ0v) is 18.5. The Bertz CT molecular complexity index is 958. The Morgan fingerprint density at radius 3 is 2.21 bits per heavy atom. The van der Waals surface area contributed by atoms with Crippen LogP contribution in [0.3, 0.4) is 0 Å². The summed E-state index contributed by atoms with van der Waals surface area (Å²) in [6, 6.07) is 11.6. The van der Waals surface area contributed by atoms with Crippen molar-refractivity contribution in [2.24, 2.45) is 0 Å². The Morgan fingerprint density at radius 2 is 1.69 bits per heavy atom. The van der Waals surface area contributed by atoms with Crippen LogP contribution in [0.1, 0.15) is 18.1 Å². The third kappa shape index (κ3) is 5.41. The molecule has 1 unspecified atom stereocenters. The maximum Gasteiger partial charge on any atom is 0.246 e. The average Bonchev–Trinajstić information content (AvgIpc) is 2.67. The van der Waals surface area contributed by atoms with Gasteiger partial charge >= 0.3 is 0 Å². The molecule has 8 heteroatoms. The second-order valence-electron chi connectivity index (χ2n) is 6.95. The Balaban J connectivity index is 2.32. The number of amides is 1. The molecule has 0 N–H and O–H groups in total. The van der Waals surface area contributed by atoms with Crippen LogP contribution in [0.2, 0.25) is 0 Å². The summed E-state index contributed by atoms with van der Waals surface area (Å²) >= 11 is 0. The van der Waals surface area contributed by atoms with E-state index in [2.05, 4.69) is 0 Å². The summed E-state index contributed by atoms with van der Waals surface area (Å²) in [6.45, 7) is 3.77. The molecule has 29 heavy (non-hydrogen) atoms. The minimum atomic E-state index is -3.74. The summed E-state index contributed by atoms with van der Waals surface area (Å²) in [5, 5.41) is 0. The van der Waals surface area contributed by atoms with Crippen LogP contribution >= 0.6 is 0 Å². The quantitative estimate of drug-likeness (QED) is 0.656. The summed E-state index contributed by atoms with van der Waals surface area (Å²) < 4.78 is 36.8. The first-order valence-corrected chi connectivity index (χ1v) is 10.9. The first-order valence-electron chi connectivity index (χ1n) is 9.10. The highest BCUT2D eigenvalue weighted by Gasteiger charge is 2.33. The molecule has 0 aliphatic rings. The highest BCUT2D eigenvalue weighted by Crippen LogP contribution is 2.33. The molecule has 2 rings (SSSR count). The lowest BCUT2D eigenvalue weighted by atomic mass is 10.1. The van der Waals surface area contributed by atoms with Crippen LogP contribution in [0.25, 0.3) is 0 Å². The van der Waals surface area contributed by atoms with E-state index in [1.54, 1.807) is 33.2 Å². The predicted octanol–water partition coefficient (Wildman–Crippen LogP) is 2.83. The van der Waals surface area contributed by atoms with E-state index in [1.807, 2.05) is 37.3 Å². The van der Waals surface area contributed by atoms with Gasteiger partial charge in [0.1, 0.15) is 17.5 Å². The van der Waals surface area contributed by atoms with E-state index >= 15 is 0 Å². The molecule has 0 saturated carbocycles. The highest BCUT2D eigenvalue weighted by atomic mass is 32.2. The van der Waals surface area contributed by atoms with Crippen LogP contribution in [-0.4, -0.2) is 52.8 Å². The Labute approximate surface area is 172 Å². The summed E-state index contributed by atoms with van der Waals surface area (Å²) in [4.78, 5) is 14.6. The maximum absolute atomic E-state index is 13.1. The molecule has 1 atom stereocenters. The van der Waals surface area contributed by atoms with Crippen LogP contribution in [0.4, 0.5) is 5.69 Å². The smallest absolute Gasteiger partial charge is 0.246 e. The van der Waals surface area contributed by atoms with Crippen LogP contribution in [0.5, 0.6) is 11.5 Å². The number of nitrogens with zero attached hydrogens (tertiary/aromatic N) is 2. The summed E-state index contributed by atoms with van der Waals surface area (Å²) in [7, 11) is 0.970. The number of carbonyl (C=O) groups excluding carboxylic acids is 1. The van der Waals surface area contributed by atoms with Gasteiger partial charge in [0.05, 0.1) is 26.2 Å². The molecule has 0 saturated heterocycles. The zero-order chi connectivity index (χ0) is 21.8. The topological polar surface area (TPSA) is 76.2 Å². The molecular formula is C21H28N2O5S. The van der Waals surface area contributed by atoms with Gasteiger partial charge in [-0.15, -0.1) is 0 Å². The van der Waals surface area contributed by atoms with Crippen LogP contribution in [0, 0.1) is 6.92 Å². The largest absolute Gasteiger partial charge is 0.497 e. The monoisotopic (exact) mass is 420 g/mol. The van der Waals surface area contributed by atoms with Gasteiger partial charge in [0, 0.05) is 13.6 Å². The molecule has 0 bridgehead atoms. The van der Waals surface area contributed by atoms with Gasteiger partial charge in [-0.1, -0.05) is 18.2 Å². The number of ether oxygens (including phenoxy) is 2. The Kier molecular flexibility index (Phi) is 7.13. The SMILES string of the molecule is COc1ccc(CN(C)C(=O)C(C)N(c2cc(C)ccc2OC)S(C)(=O)=O)cc1. The van der Waals surface area contributed by atoms with Gasteiger partial charge in [-0.25, -0.2) is 8.42 Å². The normalized spacial score (nSPS) is 12.2. The van der Waals surface area contributed by atoms with Crippen LogP contribution in [-0.2, 0) is 21.4 Å². The molecule has 7 nitrogen and oxygen atoms in total. The third-order valence-corrected chi connectivity index (χ3v) is 5.82. The van der Waals surface area contributed by atoms with Gasteiger partial charge in [0.25, 0.3) is 0 Å². The third-order valence-electron chi connectivity index (χ3n) is 4.59. The van der Waals surface area contributed by atoms with Gasteiger partial charge in [-0.05, 0) is 49.2 Å². The number of hydrogen-bond donors (Lipinski definition) is 0. The molecule has 0 aromatic heterocycles. The standard InChI is InChI=1S/C21H28N2O5S/c1-15-7-12-20(28-5)19(13-15)23(29(6,25)26)16(2)21(24)22(3)14-17-8-10-18(27-4)11-9-17/h7-13,16H,14H2,1-6H3. The lowest BCUT2D eigenvalue weighted by Gasteiger charge is -2.32. The number of anilines is 1. The highest BCUT2D eigenvalue weighted by molar-refractivity contribution is 7.92. The minimum absolute atomic E-state index is 0.324. The molecule has 2 aromatic rings.